The van der Waals surface area contributed by atoms with E-state index in [1.54, 1.807) is 6.92 Å². The highest BCUT2D eigenvalue weighted by Crippen LogP contribution is 2.33. The maximum absolute atomic E-state index is 12.5. The van der Waals surface area contributed by atoms with Crippen molar-refractivity contribution >= 4 is 11.8 Å². The summed E-state index contributed by atoms with van der Waals surface area (Å²) in [6, 6.07) is 10.7. The molecule has 3 rings (SSSR count). The summed E-state index contributed by atoms with van der Waals surface area (Å²) in [4.78, 5) is 14.7. The second kappa shape index (κ2) is 7.12. The van der Waals surface area contributed by atoms with Crippen molar-refractivity contribution in [3.8, 4) is 6.07 Å². The molecule has 5 nitrogen and oxygen atoms in total. The number of benzene rings is 1. The van der Waals surface area contributed by atoms with Crippen LogP contribution in [0.25, 0.3) is 0 Å². The Morgan fingerprint density at radius 1 is 1.36 bits per heavy atom. The molecular formula is C20H23N3O2. The molecule has 5 heteroatoms. The third kappa shape index (κ3) is 3.45. The molecule has 130 valence electrons. The highest BCUT2D eigenvalue weighted by molar-refractivity contribution is 5.92. The van der Waals surface area contributed by atoms with Crippen molar-refractivity contribution in [1.29, 1.82) is 5.26 Å². The number of nitriles is 1. The van der Waals surface area contributed by atoms with Crippen molar-refractivity contribution in [1.82, 2.24) is 4.90 Å². The quantitative estimate of drug-likeness (QED) is 0.920. The Hall–Kier alpha value is -2.58. The maximum Gasteiger partial charge on any atom is 0.240 e. The summed E-state index contributed by atoms with van der Waals surface area (Å²) in [7, 11) is 0. The molecule has 1 aromatic heterocycles. The molecule has 0 radical (unpaired) electrons. The highest BCUT2D eigenvalue weighted by atomic mass is 16.4. The maximum atomic E-state index is 12.5. The summed E-state index contributed by atoms with van der Waals surface area (Å²) in [5.74, 6) is 0.769. The second-order valence-corrected chi connectivity index (χ2v) is 6.63. The van der Waals surface area contributed by atoms with Crippen LogP contribution < -0.4 is 5.32 Å². The van der Waals surface area contributed by atoms with Crippen molar-refractivity contribution in [3.05, 3.63) is 52.3 Å². The molecule has 1 amide bonds. The minimum atomic E-state index is -0.147. The molecule has 1 aromatic carbocycles. The van der Waals surface area contributed by atoms with Crippen LogP contribution in [0.15, 0.2) is 28.7 Å². The van der Waals surface area contributed by atoms with Crippen molar-refractivity contribution < 1.29 is 9.21 Å². The lowest BCUT2D eigenvalue weighted by Gasteiger charge is -2.25. The van der Waals surface area contributed by atoms with E-state index in [2.05, 4.69) is 35.3 Å². The van der Waals surface area contributed by atoms with Crippen LogP contribution >= 0.6 is 0 Å². The van der Waals surface area contributed by atoms with Gasteiger partial charge in [0.15, 0.2) is 0 Å². The summed E-state index contributed by atoms with van der Waals surface area (Å²) in [5, 5.41) is 12.0. The molecule has 0 aliphatic carbocycles. The lowest BCUT2D eigenvalue weighted by atomic mass is 9.99. The molecule has 0 bridgehead atoms. The van der Waals surface area contributed by atoms with Crippen LogP contribution in [0.5, 0.6) is 0 Å². The first-order valence-corrected chi connectivity index (χ1v) is 8.60. The number of carbonyl (C=O) groups is 1. The molecule has 25 heavy (non-hydrogen) atoms. The van der Waals surface area contributed by atoms with Gasteiger partial charge >= 0.3 is 0 Å². The van der Waals surface area contributed by atoms with Gasteiger partial charge in [0.2, 0.25) is 11.8 Å². The summed E-state index contributed by atoms with van der Waals surface area (Å²) in [6.45, 7) is 6.91. The molecule has 0 saturated carbocycles. The van der Waals surface area contributed by atoms with Crippen LogP contribution in [0.1, 0.15) is 46.9 Å². The molecule has 1 unspecified atom stereocenters. The first-order valence-electron chi connectivity index (χ1n) is 8.60. The lowest BCUT2D eigenvalue weighted by Crippen LogP contribution is -2.33. The molecule has 1 aliphatic heterocycles. The number of amides is 1. The monoisotopic (exact) mass is 337 g/mol. The number of hydrogen-bond donors (Lipinski definition) is 1. The largest absolute Gasteiger partial charge is 0.444 e. The molecule has 2 heterocycles. The SMILES string of the molecule is Cc1ccccc1C1CCCN1CC(=O)Nc1oc(C)c(C)c1C#N. The van der Waals surface area contributed by atoms with Gasteiger partial charge in [-0.2, -0.15) is 5.26 Å². The molecular weight excluding hydrogens is 314 g/mol. The van der Waals surface area contributed by atoms with E-state index in [1.807, 2.05) is 19.1 Å². The van der Waals surface area contributed by atoms with Crippen LogP contribution in [-0.2, 0) is 4.79 Å². The third-order valence-corrected chi connectivity index (χ3v) is 5.01. The fourth-order valence-electron chi connectivity index (χ4n) is 3.53. The average Bonchev–Trinajstić information content (AvgIpc) is 3.13. The Labute approximate surface area is 148 Å². The highest BCUT2D eigenvalue weighted by Gasteiger charge is 2.29. The van der Waals surface area contributed by atoms with E-state index in [-0.39, 0.29) is 17.8 Å². The predicted octanol–water partition coefficient (Wildman–Crippen LogP) is 3.85. The van der Waals surface area contributed by atoms with Crippen LogP contribution in [-0.4, -0.2) is 23.9 Å². The zero-order valence-corrected chi connectivity index (χ0v) is 14.9. The smallest absolute Gasteiger partial charge is 0.240 e. The number of nitrogens with zero attached hydrogens (tertiary/aromatic N) is 2. The fraction of sp³-hybridized carbons (Fsp3) is 0.400. The molecule has 1 saturated heterocycles. The molecule has 1 aliphatic rings. The van der Waals surface area contributed by atoms with E-state index in [9.17, 15) is 10.1 Å². The third-order valence-electron chi connectivity index (χ3n) is 5.01. The molecule has 1 atom stereocenters. The van der Waals surface area contributed by atoms with Crippen LogP contribution in [0.4, 0.5) is 5.88 Å². The zero-order chi connectivity index (χ0) is 18.0. The molecule has 1 N–H and O–H groups in total. The van der Waals surface area contributed by atoms with Gasteiger partial charge in [-0.05, 0) is 51.3 Å². The van der Waals surface area contributed by atoms with E-state index < -0.39 is 0 Å². The van der Waals surface area contributed by atoms with Crippen LogP contribution in [0.3, 0.4) is 0 Å². The van der Waals surface area contributed by atoms with Gasteiger partial charge in [0.1, 0.15) is 17.4 Å². The summed E-state index contributed by atoms with van der Waals surface area (Å²) < 4.78 is 5.53. The van der Waals surface area contributed by atoms with Gasteiger partial charge < -0.3 is 4.42 Å². The Bertz CT molecular complexity index is 832. The van der Waals surface area contributed by atoms with Crippen molar-refractivity contribution in [2.75, 3.05) is 18.4 Å². The first kappa shape index (κ1) is 17.2. The fourth-order valence-corrected chi connectivity index (χ4v) is 3.53. The Balaban J connectivity index is 1.72. The number of anilines is 1. The number of aryl methyl sites for hydroxylation is 2. The summed E-state index contributed by atoms with van der Waals surface area (Å²) in [5.41, 5.74) is 3.72. The van der Waals surface area contributed by atoms with E-state index in [0.717, 1.165) is 24.9 Å². The first-order chi connectivity index (χ1) is 12.0. The van der Waals surface area contributed by atoms with Gasteiger partial charge in [-0.1, -0.05) is 24.3 Å². The van der Waals surface area contributed by atoms with Gasteiger partial charge in [0.05, 0.1) is 6.54 Å². The average molecular weight is 337 g/mol. The van der Waals surface area contributed by atoms with E-state index >= 15 is 0 Å². The minimum absolute atomic E-state index is 0.147. The number of furan rings is 1. The number of rotatable bonds is 4. The Morgan fingerprint density at radius 2 is 2.12 bits per heavy atom. The van der Waals surface area contributed by atoms with Gasteiger partial charge in [-0.15, -0.1) is 0 Å². The Morgan fingerprint density at radius 3 is 2.84 bits per heavy atom. The molecule has 0 spiro atoms. The van der Waals surface area contributed by atoms with Crippen molar-refractivity contribution in [2.24, 2.45) is 0 Å². The lowest BCUT2D eigenvalue weighted by molar-refractivity contribution is -0.117. The van der Waals surface area contributed by atoms with Crippen LogP contribution in [0.2, 0.25) is 0 Å². The zero-order valence-electron chi connectivity index (χ0n) is 14.9. The predicted molar refractivity (Wildman–Crippen MR) is 96.3 cm³/mol. The van der Waals surface area contributed by atoms with Crippen molar-refractivity contribution in [3.63, 3.8) is 0 Å². The van der Waals surface area contributed by atoms with Crippen molar-refractivity contribution in [2.45, 2.75) is 39.7 Å². The summed E-state index contributed by atoms with van der Waals surface area (Å²) in [6.07, 6.45) is 2.13. The standard InChI is InChI=1S/C20H23N3O2/c1-13-7-4-5-8-16(13)18-9-6-10-23(18)12-19(24)22-20-17(11-21)14(2)15(3)25-20/h4-5,7-8,18H,6,9-10,12H2,1-3H3,(H,22,24). The normalized spacial score (nSPS) is 17.4. The van der Waals surface area contributed by atoms with Gasteiger partial charge in [-0.3, -0.25) is 15.0 Å². The topological polar surface area (TPSA) is 69.3 Å². The van der Waals surface area contributed by atoms with E-state index in [4.69, 9.17) is 4.42 Å². The summed E-state index contributed by atoms with van der Waals surface area (Å²) >= 11 is 0. The number of carbonyl (C=O) groups excluding carboxylic acids is 1. The second-order valence-electron chi connectivity index (χ2n) is 6.63. The molecule has 2 aromatic rings. The van der Waals surface area contributed by atoms with Gasteiger partial charge in [0, 0.05) is 11.6 Å². The number of hydrogen-bond acceptors (Lipinski definition) is 4. The van der Waals surface area contributed by atoms with Crippen LogP contribution in [0, 0.1) is 32.1 Å². The van der Waals surface area contributed by atoms with E-state index in [0.29, 0.717) is 17.9 Å². The van der Waals surface area contributed by atoms with Gasteiger partial charge in [0.25, 0.3) is 0 Å². The molecule has 1 fully saturated rings. The Kier molecular flexibility index (Phi) is 4.91. The number of nitrogens with one attached hydrogen (secondary N) is 1. The minimum Gasteiger partial charge on any atom is -0.444 e. The van der Waals surface area contributed by atoms with Gasteiger partial charge in [-0.25, -0.2) is 0 Å². The number of likely N-dealkylation sites (tertiary alicyclic amines) is 1. The van der Waals surface area contributed by atoms with E-state index in [1.165, 1.54) is 11.1 Å².